The minimum atomic E-state index is -0.155. The Labute approximate surface area is 131 Å². The fourth-order valence-corrected chi connectivity index (χ4v) is 2.88. The second-order valence-corrected chi connectivity index (χ2v) is 5.49. The summed E-state index contributed by atoms with van der Waals surface area (Å²) in [5.41, 5.74) is 2.31. The van der Waals surface area contributed by atoms with Gasteiger partial charge in [-0.1, -0.05) is 0 Å². The predicted molar refractivity (Wildman–Crippen MR) is 88.0 cm³/mol. The Kier molecular flexibility index (Phi) is 3.88. The largest absolute Gasteiger partial charge is 0.495 e. The van der Waals surface area contributed by atoms with Crippen LogP contribution >= 0.6 is 11.3 Å². The highest BCUT2D eigenvalue weighted by Gasteiger charge is 2.09. The van der Waals surface area contributed by atoms with Crippen molar-refractivity contribution in [2.24, 2.45) is 0 Å². The molecule has 0 spiro atoms. The number of amides is 1. The van der Waals surface area contributed by atoms with Crippen LogP contribution in [0.3, 0.4) is 0 Å². The van der Waals surface area contributed by atoms with Crippen LogP contribution in [-0.4, -0.2) is 23.0 Å². The van der Waals surface area contributed by atoms with E-state index in [0.29, 0.717) is 11.4 Å². The van der Waals surface area contributed by atoms with E-state index in [2.05, 4.69) is 20.6 Å². The second kappa shape index (κ2) is 5.98. The van der Waals surface area contributed by atoms with Crippen LogP contribution in [-0.2, 0) is 4.79 Å². The molecular weight excluding hydrogens is 300 g/mol. The molecule has 0 fully saturated rings. The van der Waals surface area contributed by atoms with Gasteiger partial charge in [-0.15, -0.1) is 11.3 Å². The zero-order valence-corrected chi connectivity index (χ0v) is 12.9. The number of carbonyl (C=O) groups is 1. The molecule has 0 aliphatic rings. The van der Waals surface area contributed by atoms with Gasteiger partial charge in [0.05, 0.1) is 23.0 Å². The number of rotatable bonds is 4. The fourth-order valence-electron chi connectivity index (χ4n) is 2.09. The zero-order valence-electron chi connectivity index (χ0n) is 12.1. The highest BCUT2D eigenvalue weighted by Crippen LogP contribution is 2.31. The molecule has 3 aromatic rings. The molecule has 22 heavy (non-hydrogen) atoms. The SMILES string of the molecule is COc1ccc(Nc2ncnc3ccsc23)cc1NC(C)=O. The summed E-state index contributed by atoms with van der Waals surface area (Å²) in [6.07, 6.45) is 1.52. The first-order chi connectivity index (χ1) is 10.7. The lowest BCUT2D eigenvalue weighted by molar-refractivity contribution is -0.114. The fraction of sp³-hybridized carbons (Fsp3) is 0.133. The standard InChI is InChI=1S/C15H14N4O2S/c1-9(20)18-12-7-10(3-4-13(12)21-2)19-15-14-11(5-6-22-14)16-8-17-15/h3-8H,1-2H3,(H,18,20)(H,16,17,19). The average molecular weight is 314 g/mol. The van der Waals surface area contributed by atoms with E-state index in [1.54, 1.807) is 24.5 Å². The third kappa shape index (κ3) is 2.84. The van der Waals surface area contributed by atoms with Gasteiger partial charge in [0.1, 0.15) is 12.1 Å². The Bertz CT molecular complexity index is 831. The van der Waals surface area contributed by atoms with Gasteiger partial charge in [0, 0.05) is 12.6 Å². The third-order valence-electron chi connectivity index (χ3n) is 3.02. The van der Waals surface area contributed by atoms with Crippen molar-refractivity contribution in [2.75, 3.05) is 17.7 Å². The molecule has 6 nitrogen and oxygen atoms in total. The molecule has 0 aliphatic carbocycles. The Morgan fingerprint density at radius 2 is 2.14 bits per heavy atom. The van der Waals surface area contributed by atoms with Crippen molar-refractivity contribution < 1.29 is 9.53 Å². The number of hydrogen-bond donors (Lipinski definition) is 2. The van der Waals surface area contributed by atoms with Gasteiger partial charge in [-0.3, -0.25) is 4.79 Å². The summed E-state index contributed by atoms with van der Waals surface area (Å²) in [7, 11) is 1.56. The molecule has 2 aromatic heterocycles. The van der Waals surface area contributed by atoms with Crippen LogP contribution in [0.4, 0.5) is 17.2 Å². The Balaban J connectivity index is 1.95. The van der Waals surface area contributed by atoms with Gasteiger partial charge in [0.25, 0.3) is 0 Å². The minimum Gasteiger partial charge on any atom is -0.495 e. The maximum Gasteiger partial charge on any atom is 0.221 e. The van der Waals surface area contributed by atoms with E-state index >= 15 is 0 Å². The van der Waals surface area contributed by atoms with E-state index in [-0.39, 0.29) is 5.91 Å². The van der Waals surface area contributed by atoms with Crippen LogP contribution in [0.5, 0.6) is 5.75 Å². The van der Waals surface area contributed by atoms with Crippen molar-refractivity contribution in [3.63, 3.8) is 0 Å². The van der Waals surface area contributed by atoms with Gasteiger partial charge < -0.3 is 15.4 Å². The normalized spacial score (nSPS) is 10.5. The average Bonchev–Trinajstić information content (AvgIpc) is 2.96. The highest BCUT2D eigenvalue weighted by molar-refractivity contribution is 7.17. The number of aromatic nitrogens is 2. The first-order valence-electron chi connectivity index (χ1n) is 6.58. The van der Waals surface area contributed by atoms with E-state index in [4.69, 9.17) is 4.74 Å². The molecule has 0 atom stereocenters. The lowest BCUT2D eigenvalue weighted by Crippen LogP contribution is -2.07. The van der Waals surface area contributed by atoms with Crippen LogP contribution in [0.25, 0.3) is 10.2 Å². The highest BCUT2D eigenvalue weighted by atomic mass is 32.1. The first-order valence-corrected chi connectivity index (χ1v) is 7.46. The van der Waals surface area contributed by atoms with Gasteiger partial charge in [-0.25, -0.2) is 9.97 Å². The molecule has 3 rings (SSSR count). The number of anilines is 3. The molecule has 1 amide bonds. The summed E-state index contributed by atoms with van der Waals surface area (Å²) in [5.74, 6) is 1.18. The molecule has 0 saturated carbocycles. The summed E-state index contributed by atoms with van der Waals surface area (Å²) < 4.78 is 6.23. The van der Waals surface area contributed by atoms with Crippen molar-refractivity contribution in [3.05, 3.63) is 36.0 Å². The third-order valence-corrected chi connectivity index (χ3v) is 3.93. The van der Waals surface area contributed by atoms with Gasteiger partial charge in [-0.2, -0.15) is 0 Å². The molecule has 1 aromatic carbocycles. The lowest BCUT2D eigenvalue weighted by Gasteiger charge is -2.12. The van der Waals surface area contributed by atoms with E-state index in [0.717, 1.165) is 21.7 Å². The van der Waals surface area contributed by atoms with Crippen LogP contribution < -0.4 is 15.4 Å². The quantitative estimate of drug-likeness (QED) is 0.772. The Morgan fingerprint density at radius 3 is 2.91 bits per heavy atom. The van der Waals surface area contributed by atoms with Gasteiger partial charge in [-0.05, 0) is 29.6 Å². The number of methoxy groups -OCH3 is 1. The van der Waals surface area contributed by atoms with Crippen molar-refractivity contribution in [3.8, 4) is 5.75 Å². The summed E-state index contributed by atoms with van der Waals surface area (Å²) in [6.45, 7) is 1.46. The number of carbonyl (C=O) groups excluding carboxylic acids is 1. The molecular formula is C15H14N4O2S. The van der Waals surface area contributed by atoms with Crippen molar-refractivity contribution in [1.29, 1.82) is 0 Å². The molecule has 2 N–H and O–H groups in total. The summed E-state index contributed by atoms with van der Waals surface area (Å²) >= 11 is 1.57. The van der Waals surface area contributed by atoms with Crippen LogP contribution in [0.2, 0.25) is 0 Å². The van der Waals surface area contributed by atoms with Gasteiger partial charge >= 0.3 is 0 Å². The molecule has 7 heteroatoms. The van der Waals surface area contributed by atoms with E-state index in [1.165, 1.54) is 13.3 Å². The molecule has 0 aliphatic heterocycles. The molecule has 2 heterocycles. The van der Waals surface area contributed by atoms with E-state index in [1.807, 2.05) is 23.6 Å². The van der Waals surface area contributed by atoms with E-state index in [9.17, 15) is 4.79 Å². The van der Waals surface area contributed by atoms with Crippen LogP contribution in [0, 0.1) is 0 Å². The number of nitrogens with zero attached hydrogens (tertiary/aromatic N) is 2. The Hall–Kier alpha value is -2.67. The molecule has 0 bridgehead atoms. The number of nitrogens with one attached hydrogen (secondary N) is 2. The predicted octanol–water partition coefficient (Wildman–Crippen LogP) is 3.40. The second-order valence-electron chi connectivity index (χ2n) is 4.58. The maximum absolute atomic E-state index is 11.3. The first kappa shape index (κ1) is 14.3. The van der Waals surface area contributed by atoms with Crippen LogP contribution in [0.1, 0.15) is 6.92 Å². The molecule has 0 saturated heterocycles. The Morgan fingerprint density at radius 1 is 1.27 bits per heavy atom. The number of fused-ring (bicyclic) bond motifs is 1. The van der Waals surface area contributed by atoms with Crippen LogP contribution in [0.15, 0.2) is 36.0 Å². The van der Waals surface area contributed by atoms with E-state index < -0.39 is 0 Å². The molecule has 0 unspecified atom stereocenters. The smallest absolute Gasteiger partial charge is 0.221 e. The summed E-state index contributed by atoms with van der Waals surface area (Å²) in [6, 6.07) is 7.41. The maximum atomic E-state index is 11.3. The molecule has 0 radical (unpaired) electrons. The van der Waals surface area contributed by atoms with Crippen molar-refractivity contribution >= 4 is 44.7 Å². The number of benzene rings is 1. The number of ether oxygens (including phenoxy) is 1. The minimum absolute atomic E-state index is 0.155. The topological polar surface area (TPSA) is 76.1 Å². The zero-order chi connectivity index (χ0) is 15.5. The van der Waals surface area contributed by atoms with Crippen molar-refractivity contribution in [1.82, 2.24) is 9.97 Å². The lowest BCUT2D eigenvalue weighted by atomic mass is 10.2. The summed E-state index contributed by atoms with van der Waals surface area (Å²) in [4.78, 5) is 19.8. The monoisotopic (exact) mass is 314 g/mol. The van der Waals surface area contributed by atoms with Crippen molar-refractivity contribution in [2.45, 2.75) is 6.92 Å². The molecule has 112 valence electrons. The number of thiophene rings is 1. The van der Waals surface area contributed by atoms with Gasteiger partial charge in [0.15, 0.2) is 5.82 Å². The van der Waals surface area contributed by atoms with Gasteiger partial charge in [0.2, 0.25) is 5.91 Å². The summed E-state index contributed by atoms with van der Waals surface area (Å²) in [5, 5.41) is 7.97. The number of hydrogen-bond acceptors (Lipinski definition) is 6.